The average Bonchev–Trinajstić information content (AvgIpc) is 2.49. The van der Waals surface area contributed by atoms with Crippen molar-refractivity contribution in [1.82, 2.24) is 5.32 Å². The van der Waals surface area contributed by atoms with E-state index in [9.17, 15) is 9.59 Å². The van der Waals surface area contributed by atoms with Gasteiger partial charge in [-0.3, -0.25) is 0 Å². The number of carbonyl (C=O) groups is 2. The van der Waals surface area contributed by atoms with Crippen molar-refractivity contribution in [2.45, 2.75) is 33.3 Å². The molecule has 0 spiro atoms. The average molecular weight is 331 g/mol. The Morgan fingerprint density at radius 3 is 2.42 bits per heavy atom. The molecule has 24 heavy (non-hydrogen) atoms. The fourth-order valence-electron chi connectivity index (χ4n) is 1.75. The van der Waals surface area contributed by atoms with Crippen LogP contribution in [0.15, 0.2) is 48.1 Å². The molecule has 0 aromatic heterocycles. The number of esters is 1. The van der Waals surface area contributed by atoms with Gasteiger partial charge in [0.15, 0.2) is 0 Å². The zero-order chi connectivity index (χ0) is 18.0. The third kappa shape index (κ3) is 8.78. The standard InChI is InChI=1S/C19H25NO4/c1-5-23-17(21)13-16(12-11-15-9-7-6-8-10-15)14-20-18(22)24-19(2,3)4/h6-13H,5,14H2,1-4H3,(H,20,22)/b12-11+,16-13+. The normalized spacial score (nSPS) is 12.1. The summed E-state index contributed by atoms with van der Waals surface area (Å²) in [5.74, 6) is -0.448. The topological polar surface area (TPSA) is 64.6 Å². The molecule has 1 rings (SSSR count). The van der Waals surface area contributed by atoms with Crippen molar-refractivity contribution in [2.75, 3.05) is 13.2 Å². The minimum atomic E-state index is -0.574. The summed E-state index contributed by atoms with van der Waals surface area (Å²) < 4.78 is 10.1. The van der Waals surface area contributed by atoms with E-state index in [0.29, 0.717) is 12.2 Å². The van der Waals surface area contributed by atoms with E-state index in [2.05, 4.69) is 5.32 Å². The van der Waals surface area contributed by atoms with Crippen LogP contribution in [0.3, 0.4) is 0 Å². The number of hydrogen-bond acceptors (Lipinski definition) is 4. The van der Waals surface area contributed by atoms with Gasteiger partial charge in [0.2, 0.25) is 0 Å². The van der Waals surface area contributed by atoms with E-state index in [1.807, 2.05) is 36.4 Å². The van der Waals surface area contributed by atoms with Crippen molar-refractivity contribution in [1.29, 1.82) is 0 Å². The SMILES string of the molecule is CCOC(=O)/C=C(\C=C\c1ccccc1)CNC(=O)OC(C)(C)C. The summed E-state index contributed by atoms with van der Waals surface area (Å²) >= 11 is 0. The van der Waals surface area contributed by atoms with Gasteiger partial charge in [0, 0.05) is 12.6 Å². The molecule has 0 radical (unpaired) electrons. The number of carbonyl (C=O) groups excluding carboxylic acids is 2. The predicted octanol–water partition coefficient (Wildman–Crippen LogP) is 3.71. The first-order valence-corrected chi connectivity index (χ1v) is 7.87. The van der Waals surface area contributed by atoms with Crippen molar-refractivity contribution in [3.63, 3.8) is 0 Å². The number of amides is 1. The minimum absolute atomic E-state index is 0.164. The fraction of sp³-hybridized carbons (Fsp3) is 0.368. The molecule has 0 saturated carbocycles. The highest BCUT2D eigenvalue weighted by atomic mass is 16.6. The lowest BCUT2D eigenvalue weighted by molar-refractivity contribution is -0.137. The van der Waals surface area contributed by atoms with Gasteiger partial charge < -0.3 is 14.8 Å². The van der Waals surface area contributed by atoms with E-state index in [-0.39, 0.29) is 6.54 Å². The molecule has 1 amide bonds. The highest BCUT2D eigenvalue weighted by Crippen LogP contribution is 2.08. The van der Waals surface area contributed by atoms with Gasteiger partial charge >= 0.3 is 12.1 Å². The van der Waals surface area contributed by atoms with E-state index >= 15 is 0 Å². The van der Waals surface area contributed by atoms with Gasteiger partial charge in [0.1, 0.15) is 5.60 Å². The monoisotopic (exact) mass is 331 g/mol. The molecule has 1 N–H and O–H groups in total. The summed E-state index contributed by atoms with van der Waals surface area (Å²) in [6.45, 7) is 7.57. The number of alkyl carbamates (subject to hydrolysis) is 1. The second-order valence-electron chi connectivity index (χ2n) is 6.07. The first kappa shape index (κ1) is 19.5. The van der Waals surface area contributed by atoms with Crippen LogP contribution >= 0.6 is 0 Å². The zero-order valence-corrected chi connectivity index (χ0v) is 14.7. The van der Waals surface area contributed by atoms with Gasteiger partial charge in [-0.25, -0.2) is 9.59 Å². The molecular weight excluding hydrogens is 306 g/mol. The Hall–Kier alpha value is -2.56. The number of rotatable bonds is 6. The third-order valence-corrected chi connectivity index (χ3v) is 2.72. The minimum Gasteiger partial charge on any atom is -0.463 e. The molecular formula is C19H25NO4. The Morgan fingerprint density at radius 1 is 1.17 bits per heavy atom. The van der Waals surface area contributed by atoms with Crippen LogP contribution in [-0.4, -0.2) is 30.8 Å². The van der Waals surface area contributed by atoms with Crippen LogP contribution in [0.4, 0.5) is 4.79 Å². The molecule has 0 aliphatic rings. The lowest BCUT2D eigenvalue weighted by atomic mass is 10.1. The van der Waals surface area contributed by atoms with Crippen LogP contribution in [-0.2, 0) is 14.3 Å². The van der Waals surface area contributed by atoms with Gasteiger partial charge in [0.25, 0.3) is 0 Å². The second kappa shape index (κ2) is 9.55. The van der Waals surface area contributed by atoms with Gasteiger partial charge in [0.05, 0.1) is 6.61 Å². The van der Waals surface area contributed by atoms with Crippen LogP contribution in [0.2, 0.25) is 0 Å². The molecule has 0 saturated heterocycles. The molecule has 0 atom stereocenters. The van der Waals surface area contributed by atoms with Crippen LogP contribution in [0.1, 0.15) is 33.3 Å². The van der Waals surface area contributed by atoms with E-state index in [4.69, 9.17) is 9.47 Å². The van der Waals surface area contributed by atoms with E-state index in [1.165, 1.54) is 6.08 Å². The van der Waals surface area contributed by atoms with Crippen LogP contribution in [0.5, 0.6) is 0 Å². The molecule has 1 aromatic rings. The molecule has 5 nitrogen and oxygen atoms in total. The molecule has 0 bridgehead atoms. The molecule has 0 fully saturated rings. The maximum Gasteiger partial charge on any atom is 0.407 e. The highest BCUT2D eigenvalue weighted by Gasteiger charge is 2.15. The molecule has 0 aliphatic heterocycles. The summed E-state index contributed by atoms with van der Waals surface area (Å²) in [4.78, 5) is 23.4. The summed E-state index contributed by atoms with van der Waals surface area (Å²) in [5.41, 5.74) is 1.03. The molecule has 1 aromatic carbocycles. The van der Waals surface area contributed by atoms with Crippen LogP contribution in [0.25, 0.3) is 6.08 Å². The van der Waals surface area contributed by atoms with E-state index < -0.39 is 17.7 Å². The Labute approximate surface area is 143 Å². The van der Waals surface area contributed by atoms with E-state index in [1.54, 1.807) is 33.8 Å². The molecule has 0 heterocycles. The van der Waals surface area contributed by atoms with Crippen molar-refractivity contribution in [3.8, 4) is 0 Å². The molecule has 5 heteroatoms. The van der Waals surface area contributed by atoms with Crippen molar-refractivity contribution in [3.05, 3.63) is 53.6 Å². The zero-order valence-electron chi connectivity index (χ0n) is 14.7. The lowest BCUT2D eigenvalue weighted by Crippen LogP contribution is -2.33. The summed E-state index contributed by atoms with van der Waals surface area (Å²) in [7, 11) is 0. The number of nitrogens with one attached hydrogen (secondary N) is 1. The molecule has 130 valence electrons. The Morgan fingerprint density at radius 2 is 1.83 bits per heavy atom. The second-order valence-corrected chi connectivity index (χ2v) is 6.07. The maximum absolute atomic E-state index is 11.7. The number of benzene rings is 1. The van der Waals surface area contributed by atoms with Gasteiger partial charge in [-0.1, -0.05) is 42.5 Å². The molecule has 0 aliphatic carbocycles. The Kier molecular flexibility index (Phi) is 7.75. The first-order chi connectivity index (χ1) is 11.3. The smallest absolute Gasteiger partial charge is 0.407 e. The fourth-order valence-corrected chi connectivity index (χ4v) is 1.75. The summed E-state index contributed by atoms with van der Waals surface area (Å²) in [6.07, 6.45) is 4.46. The van der Waals surface area contributed by atoms with Crippen LogP contribution in [0, 0.1) is 0 Å². The van der Waals surface area contributed by atoms with Crippen molar-refractivity contribution < 1.29 is 19.1 Å². The number of hydrogen-bond donors (Lipinski definition) is 1. The quantitative estimate of drug-likeness (QED) is 0.490. The maximum atomic E-state index is 11.7. The van der Waals surface area contributed by atoms with E-state index in [0.717, 1.165) is 5.56 Å². The van der Waals surface area contributed by atoms with Gasteiger partial charge in [-0.2, -0.15) is 0 Å². The highest BCUT2D eigenvalue weighted by molar-refractivity contribution is 5.84. The predicted molar refractivity (Wildman–Crippen MR) is 94.4 cm³/mol. The van der Waals surface area contributed by atoms with Gasteiger partial charge in [-0.05, 0) is 38.8 Å². The van der Waals surface area contributed by atoms with Crippen molar-refractivity contribution >= 4 is 18.1 Å². The lowest BCUT2D eigenvalue weighted by Gasteiger charge is -2.19. The van der Waals surface area contributed by atoms with Crippen molar-refractivity contribution in [2.24, 2.45) is 0 Å². The van der Waals surface area contributed by atoms with Crippen LogP contribution < -0.4 is 5.32 Å². The summed E-state index contributed by atoms with van der Waals surface area (Å²) in [5, 5.41) is 2.63. The Balaban J connectivity index is 2.77. The number of ether oxygens (including phenoxy) is 2. The summed E-state index contributed by atoms with van der Waals surface area (Å²) in [6, 6.07) is 9.66. The first-order valence-electron chi connectivity index (χ1n) is 7.87. The largest absolute Gasteiger partial charge is 0.463 e. The van der Waals surface area contributed by atoms with Gasteiger partial charge in [-0.15, -0.1) is 0 Å². The molecule has 0 unspecified atom stereocenters. The Bertz CT molecular complexity index is 598. The third-order valence-electron chi connectivity index (χ3n) is 2.72.